The lowest BCUT2D eigenvalue weighted by Gasteiger charge is -2.17. The molecule has 1 amide bonds. The number of ether oxygens (including phenoxy) is 1. The number of methoxy groups -OCH3 is 1. The summed E-state index contributed by atoms with van der Waals surface area (Å²) in [5.74, 6) is 1.44. The number of carbonyl (C=O) groups is 1. The van der Waals surface area contributed by atoms with E-state index in [9.17, 15) is 4.79 Å². The number of nitrogens with one attached hydrogen (secondary N) is 3. The highest BCUT2D eigenvalue weighted by Crippen LogP contribution is 2.27. The molecule has 0 aliphatic carbocycles. The third-order valence-corrected chi connectivity index (χ3v) is 7.06. The van der Waals surface area contributed by atoms with Crippen LogP contribution in [0.1, 0.15) is 40.8 Å². The first-order chi connectivity index (χ1) is 18.2. The van der Waals surface area contributed by atoms with Gasteiger partial charge in [0.15, 0.2) is 0 Å². The molecule has 0 aliphatic heterocycles. The summed E-state index contributed by atoms with van der Waals surface area (Å²) >= 11 is 1.33. The average Bonchev–Trinajstić information content (AvgIpc) is 3.65. The predicted octanol–water partition coefficient (Wildman–Crippen LogP) is 6.45. The fraction of sp³-hybridized carbons (Fsp3) is 0.207. The maximum absolute atomic E-state index is 12.8. The van der Waals surface area contributed by atoms with Gasteiger partial charge in [-0.1, -0.05) is 48.5 Å². The van der Waals surface area contributed by atoms with Crippen molar-refractivity contribution in [1.82, 2.24) is 20.3 Å². The molecule has 0 saturated carbocycles. The van der Waals surface area contributed by atoms with E-state index in [1.165, 1.54) is 22.1 Å². The van der Waals surface area contributed by atoms with Crippen LogP contribution in [0.4, 0.5) is 5.69 Å². The number of carbonyl (C=O) groups excluding carboxylic acids is 1. The molecule has 2 aromatic heterocycles. The molecule has 0 saturated heterocycles. The topological polar surface area (TPSA) is 91.9 Å². The number of rotatable bonds is 11. The van der Waals surface area contributed by atoms with E-state index in [2.05, 4.69) is 55.9 Å². The largest absolute Gasteiger partial charge is 0.495 e. The van der Waals surface area contributed by atoms with Crippen LogP contribution in [0.15, 0.2) is 84.6 Å². The van der Waals surface area contributed by atoms with Crippen LogP contribution in [0.25, 0.3) is 22.0 Å². The Hall–Kier alpha value is -4.17. The number of hydrogen-bond acceptors (Lipinski definition) is 6. The van der Waals surface area contributed by atoms with E-state index in [4.69, 9.17) is 4.74 Å². The molecule has 5 aromatic rings. The summed E-state index contributed by atoms with van der Waals surface area (Å²) < 4.78 is 5.41. The van der Waals surface area contributed by atoms with Crippen molar-refractivity contribution in [1.29, 1.82) is 0 Å². The highest BCUT2D eigenvalue weighted by Gasteiger charge is 2.20. The quantitative estimate of drug-likeness (QED) is 0.177. The third-order valence-electron chi connectivity index (χ3n) is 6.29. The number of anilines is 1. The van der Waals surface area contributed by atoms with Crippen molar-refractivity contribution in [3.63, 3.8) is 0 Å². The minimum atomic E-state index is -0.241. The number of benzene rings is 3. The van der Waals surface area contributed by atoms with Gasteiger partial charge < -0.3 is 20.4 Å². The minimum Gasteiger partial charge on any atom is -0.495 e. The summed E-state index contributed by atoms with van der Waals surface area (Å²) in [5, 5.41) is 8.96. The van der Waals surface area contributed by atoms with E-state index < -0.39 is 0 Å². The zero-order chi connectivity index (χ0) is 25.5. The van der Waals surface area contributed by atoms with E-state index >= 15 is 0 Å². The maximum Gasteiger partial charge on any atom is 0.263 e. The second-order valence-corrected chi connectivity index (χ2v) is 9.64. The molecule has 188 valence electrons. The van der Waals surface area contributed by atoms with Gasteiger partial charge in [-0.2, -0.15) is 0 Å². The molecule has 0 unspecified atom stereocenters. The second kappa shape index (κ2) is 11.7. The standard InChI is InChI=1S/C29H29N5O2S/c1-36-26-12-5-4-10-23(26)31-15-7-6-11-24(34-29(35)27-18-30-19-37-27)28-32-17-25(33-28)22-14-13-20-8-2-3-9-21(20)16-22/h2-5,8-10,12-14,16-19,24,31H,6-7,11,15H2,1H3,(H,32,33)(H,34,35)/t24-/m0/s1. The number of fused-ring (bicyclic) bond motifs is 1. The van der Waals surface area contributed by atoms with E-state index in [1.54, 1.807) is 18.8 Å². The molecule has 8 heteroatoms. The number of hydrogen-bond donors (Lipinski definition) is 3. The lowest BCUT2D eigenvalue weighted by molar-refractivity contribution is 0.0936. The fourth-order valence-corrected chi connectivity index (χ4v) is 4.86. The van der Waals surface area contributed by atoms with Crippen LogP contribution in [0, 0.1) is 0 Å². The molecule has 0 radical (unpaired) electrons. The van der Waals surface area contributed by atoms with Gasteiger partial charge in [0.2, 0.25) is 0 Å². The fourth-order valence-electron chi connectivity index (χ4n) is 4.34. The Bertz CT molecular complexity index is 1460. The molecular formula is C29H29N5O2S. The smallest absolute Gasteiger partial charge is 0.263 e. The second-order valence-electron chi connectivity index (χ2n) is 8.76. The van der Waals surface area contributed by atoms with Gasteiger partial charge in [0.05, 0.1) is 42.4 Å². The lowest BCUT2D eigenvalue weighted by atomic mass is 10.1. The molecule has 37 heavy (non-hydrogen) atoms. The van der Waals surface area contributed by atoms with Crippen molar-refractivity contribution in [2.24, 2.45) is 0 Å². The Kier molecular flexibility index (Phi) is 7.76. The van der Waals surface area contributed by atoms with Gasteiger partial charge in [-0.15, -0.1) is 11.3 Å². The minimum absolute atomic E-state index is 0.136. The van der Waals surface area contributed by atoms with Gasteiger partial charge in [-0.05, 0) is 48.2 Å². The molecule has 2 heterocycles. The number of imidazole rings is 1. The number of amides is 1. The van der Waals surface area contributed by atoms with Crippen molar-refractivity contribution in [3.8, 4) is 17.0 Å². The Balaban J connectivity index is 1.27. The predicted molar refractivity (Wildman–Crippen MR) is 149 cm³/mol. The van der Waals surface area contributed by atoms with Crippen molar-refractivity contribution in [3.05, 3.63) is 95.3 Å². The van der Waals surface area contributed by atoms with Crippen molar-refractivity contribution >= 4 is 33.7 Å². The van der Waals surface area contributed by atoms with Crippen LogP contribution in [-0.4, -0.2) is 34.5 Å². The zero-order valence-electron chi connectivity index (χ0n) is 20.6. The summed E-state index contributed by atoms with van der Waals surface area (Å²) in [6.07, 6.45) is 6.03. The number of thiazole rings is 1. The van der Waals surface area contributed by atoms with Gasteiger partial charge in [0, 0.05) is 12.1 Å². The number of unbranched alkanes of at least 4 members (excludes halogenated alkanes) is 1. The van der Waals surface area contributed by atoms with E-state index in [1.807, 2.05) is 42.6 Å². The molecule has 0 fully saturated rings. The Morgan fingerprint density at radius 1 is 1.03 bits per heavy atom. The van der Waals surface area contributed by atoms with E-state index in [0.717, 1.165) is 54.3 Å². The summed E-state index contributed by atoms with van der Waals surface area (Å²) in [4.78, 5) is 25.6. The van der Waals surface area contributed by atoms with Crippen LogP contribution in [0.5, 0.6) is 5.75 Å². The summed E-state index contributed by atoms with van der Waals surface area (Å²) in [7, 11) is 1.67. The SMILES string of the molecule is COc1ccccc1NCCCC[C@H](NC(=O)c1cncs1)c1ncc(-c2ccc3ccccc3c2)[nH]1. The first kappa shape index (κ1) is 24.5. The summed E-state index contributed by atoms with van der Waals surface area (Å²) in [6, 6.07) is 22.3. The molecule has 0 aliphatic rings. The average molecular weight is 512 g/mol. The number of aromatic nitrogens is 3. The van der Waals surface area contributed by atoms with Crippen LogP contribution >= 0.6 is 11.3 Å². The van der Waals surface area contributed by atoms with Gasteiger partial charge >= 0.3 is 0 Å². The van der Waals surface area contributed by atoms with Gasteiger partial charge in [-0.3, -0.25) is 9.78 Å². The molecule has 3 aromatic carbocycles. The van der Waals surface area contributed by atoms with Crippen LogP contribution < -0.4 is 15.4 Å². The number of nitrogens with zero attached hydrogens (tertiary/aromatic N) is 2. The molecule has 3 N–H and O–H groups in total. The lowest BCUT2D eigenvalue weighted by Crippen LogP contribution is -2.29. The zero-order valence-corrected chi connectivity index (χ0v) is 21.4. The van der Waals surface area contributed by atoms with Crippen LogP contribution in [0.2, 0.25) is 0 Å². The Labute approximate surface area is 220 Å². The van der Waals surface area contributed by atoms with Crippen LogP contribution in [0.3, 0.4) is 0 Å². The van der Waals surface area contributed by atoms with Crippen molar-refractivity contribution in [2.45, 2.75) is 25.3 Å². The molecule has 5 rings (SSSR count). The molecule has 7 nitrogen and oxygen atoms in total. The monoisotopic (exact) mass is 511 g/mol. The normalized spacial score (nSPS) is 11.8. The van der Waals surface area contributed by atoms with Gasteiger partial charge in [0.25, 0.3) is 5.91 Å². The summed E-state index contributed by atoms with van der Waals surface area (Å²) in [5.41, 5.74) is 4.63. The highest BCUT2D eigenvalue weighted by atomic mass is 32.1. The van der Waals surface area contributed by atoms with Crippen molar-refractivity contribution < 1.29 is 9.53 Å². The first-order valence-corrected chi connectivity index (χ1v) is 13.2. The van der Waals surface area contributed by atoms with Crippen LogP contribution in [-0.2, 0) is 0 Å². The van der Waals surface area contributed by atoms with E-state index in [-0.39, 0.29) is 11.9 Å². The number of para-hydroxylation sites is 2. The highest BCUT2D eigenvalue weighted by molar-refractivity contribution is 7.11. The molecular weight excluding hydrogens is 482 g/mol. The number of H-pyrrole nitrogens is 1. The summed E-state index contributed by atoms with van der Waals surface area (Å²) in [6.45, 7) is 0.802. The molecule has 0 spiro atoms. The van der Waals surface area contributed by atoms with Gasteiger partial charge in [-0.25, -0.2) is 4.98 Å². The number of aromatic amines is 1. The molecule has 0 bridgehead atoms. The molecule has 1 atom stereocenters. The third kappa shape index (κ3) is 5.98. The van der Waals surface area contributed by atoms with Crippen molar-refractivity contribution in [2.75, 3.05) is 19.0 Å². The first-order valence-electron chi connectivity index (χ1n) is 12.3. The van der Waals surface area contributed by atoms with Gasteiger partial charge in [0.1, 0.15) is 16.5 Å². The maximum atomic E-state index is 12.8. The van der Waals surface area contributed by atoms with E-state index in [0.29, 0.717) is 4.88 Å². The Morgan fingerprint density at radius 2 is 1.86 bits per heavy atom. The Morgan fingerprint density at radius 3 is 2.70 bits per heavy atom.